The van der Waals surface area contributed by atoms with Crippen molar-refractivity contribution in [2.24, 2.45) is 0 Å². The molecule has 1 aliphatic heterocycles. The highest BCUT2D eigenvalue weighted by molar-refractivity contribution is 5.71. The molecule has 7 heteroatoms. The number of quaternary nitrogens is 1. The second-order valence-corrected chi connectivity index (χ2v) is 6.96. The molecule has 0 spiro atoms. The predicted octanol–water partition coefficient (Wildman–Crippen LogP) is 2.97. The van der Waals surface area contributed by atoms with E-state index in [1.165, 1.54) is 6.07 Å². The Labute approximate surface area is 176 Å². The number of amides is 1. The quantitative estimate of drug-likeness (QED) is 0.313. The summed E-state index contributed by atoms with van der Waals surface area (Å²) in [5.74, 6) is 5.80. The van der Waals surface area contributed by atoms with Crippen molar-refractivity contribution in [3.63, 3.8) is 0 Å². The summed E-state index contributed by atoms with van der Waals surface area (Å²) < 4.78 is 26.0. The van der Waals surface area contributed by atoms with Gasteiger partial charge < -0.3 is 14.8 Å². The van der Waals surface area contributed by atoms with Crippen LogP contribution in [0.15, 0.2) is 42.5 Å². The van der Waals surface area contributed by atoms with Crippen molar-refractivity contribution < 1.29 is 28.1 Å². The average molecular weight is 413 g/mol. The normalized spacial score (nSPS) is 15.0. The van der Waals surface area contributed by atoms with E-state index in [1.54, 1.807) is 43.5 Å². The lowest BCUT2D eigenvalue weighted by molar-refractivity contribution is -1.11. The van der Waals surface area contributed by atoms with Crippen LogP contribution in [0, 0.1) is 17.7 Å². The number of carbonyl (C=O) groups is 1. The molecule has 158 valence electrons. The second-order valence-electron chi connectivity index (χ2n) is 6.96. The number of ether oxygens (including phenoxy) is 2. The van der Waals surface area contributed by atoms with E-state index in [9.17, 15) is 9.18 Å². The number of carbonyl (C=O) groups excluding carboxylic acids is 1. The molecule has 1 N–H and O–H groups in total. The summed E-state index contributed by atoms with van der Waals surface area (Å²) >= 11 is 0. The number of morpholine rings is 1. The first-order chi connectivity index (χ1) is 14.6. The lowest BCUT2D eigenvalue weighted by Gasteiger charge is -2.36. The zero-order chi connectivity index (χ0) is 21.2. The molecule has 2 aromatic rings. The molecule has 0 unspecified atom stereocenters. The van der Waals surface area contributed by atoms with Crippen LogP contribution < -0.4 is 10.1 Å². The summed E-state index contributed by atoms with van der Waals surface area (Å²) in [5, 5.41) is 2.55. The number of hydrogen-bond acceptors (Lipinski definition) is 4. The highest BCUT2D eigenvalue weighted by Crippen LogP contribution is 2.18. The number of rotatable bonds is 8. The fourth-order valence-corrected chi connectivity index (χ4v) is 3.26. The zero-order valence-electron chi connectivity index (χ0n) is 17.0. The van der Waals surface area contributed by atoms with Gasteiger partial charge in [0.2, 0.25) is 6.41 Å². The molecule has 30 heavy (non-hydrogen) atoms. The third-order valence-electron chi connectivity index (χ3n) is 5.04. The minimum atomic E-state index is -0.423. The van der Waals surface area contributed by atoms with Crippen LogP contribution in [-0.2, 0) is 14.4 Å². The Morgan fingerprint density at radius 3 is 2.60 bits per heavy atom. The molecule has 1 amide bonds. The molecule has 3 rings (SSSR count). The van der Waals surface area contributed by atoms with Gasteiger partial charge in [0.25, 0.3) is 0 Å². The van der Waals surface area contributed by atoms with Crippen LogP contribution in [0.3, 0.4) is 0 Å². The molecule has 1 aliphatic rings. The van der Waals surface area contributed by atoms with Crippen LogP contribution >= 0.6 is 0 Å². The van der Waals surface area contributed by atoms with Gasteiger partial charge in [-0.3, -0.25) is 4.79 Å². The lowest BCUT2D eigenvalue weighted by Crippen LogP contribution is -2.54. The molecule has 0 aromatic heterocycles. The summed E-state index contributed by atoms with van der Waals surface area (Å²) in [6.07, 6.45) is 1.41. The van der Waals surface area contributed by atoms with Gasteiger partial charge >= 0.3 is 0 Å². The number of nitrogens with one attached hydrogen (secondary N) is 1. The highest BCUT2D eigenvalue weighted by Gasteiger charge is 2.31. The van der Waals surface area contributed by atoms with Gasteiger partial charge in [-0.05, 0) is 36.4 Å². The molecule has 1 fully saturated rings. The minimum Gasteiger partial charge on any atom is -0.493 e. The third-order valence-corrected chi connectivity index (χ3v) is 5.04. The Kier molecular flexibility index (Phi) is 7.80. The molecule has 1 saturated heterocycles. The van der Waals surface area contributed by atoms with Gasteiger partial charge in [-0.15, -0.1) is 0 Å². The van der Waals surface area contributed by atoms with Crippen molar-refractivity contribution in [1.82, 2.24) is 0 Å². The Morgan fingerprint density at radius 2 is 1.93 bits per heavy atom. The topological polar surface area (TPSA) is 56.8 Å². The van der Waals surface area contributed by atoms with Crippen LogP contribution in [0.25, 0.3) is 0 Å². The van der Waals surface area contributed by atoms with E-state index < -0.39 is 5.82 Å². The lowest BCUT2D eigenvalue weighted by atomic mass is 10.1. The van der Waals surface area contributed by atoms with Crippen LogP contribution in [0.5, 0.6) is 5.75 Å². The van der Waals surface area contributed by atoms with Gasteiger partial charge in [-0.1, -0.05) is 11.8 Å². The van der Waals surface area contributed by atoms with Gasteiger partial charge in [0, 0.05) is 23.7 Å². The Hall–Kier alpha value is -2.92. The van der Waals surface area contributed by atoms with Crippen LogP contribution in [-0.4, -0.2) is 57.6 Å². The number of anilines is 1. The molecule has 0 aliphatic carbocycles. The fourth-order valence-electron chi connectivity index (χ4n) is 3.26. The van der Waals surface area contributed by atoms with E-state index in [1.807, 2.05) is 0 Å². The van der Waals surface area contributed by atoms with Gasteiger partial charge in [0.1, 0.15) is 31.2 Å². The largest absolute Gasteiger partial charge is 0.493 e. The number of halogens is 1. The Balaban J connectivity index is 1.52. The smallest absolute Gasteiger partial charge is 0.211 e. The van der Waals surface area contributed by atoms with Crippen molar-refractivity contribution in [2.75, 3.05) is 51.9 Å². The summed E-state index contributed by atoms with van der Waals surface area (Å²) in [5.41, 5.74) is 1.70. The monoisotopic (exact) mass is 413 g/mol. The van der Waals surface area contributed by atoms with E-state index in [-0.39, 0.29) is 0 Å². The van der Waals surface area contributed by atoms with Crippen molar-refractivity contribution in [2.45, 2.75) is 6.42 Å². The average Bonchev–Trinajstić information content (AvgIpc) is 2.78. The van der Waals surface area contributed by atoms with Crippen LogP contribution in [0.1, 0.15) is 17.5 Å². The van der Waals surface area contributed by atoms with E-state index >= 15 is 0 Å². The summed E-state index contributed by atoms with van der Waals surface area (Å²) in [6.45, 7) is 4.36. The molecular weight excluding hydrogens is 387 g/mol. The first-order valence-corrected chi connectivity index (χ1v) is 9.88. The fraction of sp³-hybridized carbons (Fsp3) is 0.348. The molecule has 0 atom stereocenters. The number of benzene rings is 2. The number of hydrogen-bond donors (Lipinski definition) is 1. The molecule has 2 aromatic carbocycles. The minimum absolute atomic E-state index is 0.301. The van der Waals surface area contributed by atoms with Gasteiger partial charge in [0.15, 0.2) is 0 Å². The molecule has 0 bridgehead atoms. The van der Waals surface area contributed by atoms with Crippen LogP contribution in [0.4, 0.5) is 10.1 Å². The molecular formula is C23H26FN2O4+. The van der Waals surface area contributed by atoms with Crippen molar-refractivity contribution in [3.05, 3.63) is 59.4 Å². The van der Waals surface area contributed by atoms with E-state index in [0.29, 0.717) is 47.9 Å². The molecule has 0 saturated carbocycles. The molecule has 6 nitrogen and oxygen atoms in total. The summed E-state index contributed by atoms with van der Waals surface area (Å²) in [6, 6.07) is 11.7. The van der Waals surface area contributed by atoms with Crippen molar-refractivity contribution in [3.8, 4) is 17.6 Å². The predicted molar refractivity (Wildman–Crippen MR) is 111 cm³/mol. The maximum Gasteiger partial charge on any atom is 0.211 e. The third kappa shape index (κ3) is 6.04. The zero-order valence-corrected chi connectivity index (χ0v) is 17.0. The molecule has 0 radical (unpaired) electrons. The van der Waals surface area contributed by atoms with Gasteiger partial charge in [-0.25, -0.2) is 9.23 Å². The maximum atomic E-state index is 14.4. The standard InChI is InChI=1S/C23H25FN2O4/c1-28-26(12-15-29-16-13-26)11-2-14-30-22-10-7-20(23(24)17-22)6-3-19-4-8-21(9-5-19)25-18-27/h4-5,7-10,17-18H,2,11-16H2,1H3/p+1. The van der Waals surface area contributed by atoms with Crippen molar-refractivity contribution >= 4 is 12.1 Å². The molecule has 1 heterocycles. The SMILES string of the molecule is CO[N+]1(CCCOc2ccc(C#Cc3ccc(NC=O)cc3)c(F)c2)CCOCC1. The second kappa shape index (κ2) is 10.7. The highest BCUT2D eigenvalue weighted by atomic mass is 19.1. The van der Waals surface area contributed by atoms with Crippen molar-refractivity contribution in [1.29, 1.82) is 0 Å². The van der Waals surface area contributed by atoms with E-state index in [2.05, 4.69) is 17.2 Å². The Bertz CT molecular complexity index is 900. The van der Waals surface area contributed by atoms with E-state index in [0.717, 1.165) is 31.6 Å². The first kappa shape index (κ1) is 21.8. The summed E-state index contributed by atoms with van der Waals surface area (Å²) in [7, 11) is 1.72. The van der Waals surface area contributed by atoms with E-state index in [4.69, 9.17) is 14.3 Å². The Morgan fingerprint density at radius 1 is 1.17 bits per heavy atom. The maximum absolute atomic E-state index is 14.4. The van der Waals surface area contributed by atoms with Crippen LogP contribution in [0.2, 0.25) is 0 Å². The van der Waals surface area contributed by atoms with Gasteiger partial charge in [-0.2, -0.15) is 4.65 Å². The first-order valence-electron chi connectivity index (χ1n) is 9.88. The van der Waals surface area contributed by atoms with Gasteiger partial charge in [0.05, 0.1) is 32.5 Å². The summed E-state index contributed by atoms with van der Waals surface area (Å²) in [4.78, 5) is 16.1. The number of nitrogens with zero attached hydrogens (tertiary/aromatic N) is 1. The number of hydroxylamine groups is 3.